The van der Waals surface area contributed by atoms with Gasteiger partial charge in [-0.1, -0.05) is 71.8 Å². The largest absolute Gasteiger partial charge is 0.212 e. The fourth-order valence-electron chi connectivity index (χ4n) is 8.25. The predicted octanol–water partition coefficient (Wildman–Crippen LogP) is 12.4. The minimum absolute atomic E-state index is 0.365. The van der Waals surface area contributed by atoms with Gasteiger partial charge in [0, 0.05) is 65.9 Å². The van der Waals surface area contributed by atoms with Gasteiger partial charge < -0.3 is 0 Å². The Labute approximate surface area is 394 Å². The molecule has 0 aliphatic heterocycles. The highest BCUT2D eigenvalue weighted by Gasteiger charge is 2.16. The Morgan fingerprint density at radius 2 is 0.578 bits per heavy atom. The van der Waals surface area contributed by atoms with Crippen LogP contribution in [0.15, 0.2) is 146 Å². The van der Waals surface area contributed by atoms with Crippen LogP contribution in [-0.2, 0) is 28.2 Å². The molecular formula is C60H72N4+4. The van der Waals surface area contributed by atoms with Crippen LogP contribution >= 0.6 is 0 Å². The molecule has 0 saturated heterocycles. The number of rotatable bonds is 4. The molecule has 4 aromatic carbocycles. The van der Waals surface area contributed by atoms with Gasteiger partial charge in [0.1, 0.15) is 28.2 Å². The third-order valence-corrected chi connectivity index (χ3v) is 11.6. The Bertz CT molecular complexity index is 3090. The van der Waals surface area contributed by atoms with E-state index in [-0.39, 0.29) is 0 Å². The average molecular weight is 855 g/mol. The van der Waals surface area contributed by atoms with Gasteiger partial charge in [0.05, 0.1) is 11.1 Å². The van der Waals surface area contributed by atoms with Crippen LogP contribution < -0.4 is 18.3 Å². The number of aryl methyl sites for hydroxylation is 16. The lowest BCUT2D eigenvalue weighted by Crippen LogP contribution is -2.31. The fraction of sp³-hybridized carbons (Fsp3) is 0.267. The third kappa shape index (κ3) is 12.3. The highest BCUT2D eigenvalue weighted by molar-refractivity contribution is 5.66. The van der Waals surface area contributed by atoms with Crippen molar-refractivity contribution in [3.8, 4) is 45.0 Å². The van der Waals surface area contributed by atoms with Crippen LogP contribution in [0.4, 0.5) is 0 Å². The molecule has 0 amide bonds. The van der Waals surface area contributed by atoms with Gasteiger partial charge in [0.25, 0.3) is 0 Å². The van der Waals surface area contributed by atoms with Gasteiger partial charge in [0.2, 0.25) is 22.8 Å². The van der Waals surface area contributed by atoms with Crippen LogP contribution in [0.5, 0.6) is 0 Å². The molecule has 64 heavy (non-hydrogen) atoms. The van der Waals surface area contributed by atoms with Gasteiger partial charge in [-0.15, -0.1) is 0 Å². The van der Waals surface area contributed by atoms with Crippen LogP contribution in [0.25, 0.3) is 45.0 Å². The highest BCUT2D eigenvalue weighted by Crippen LogP contribution is 2.26. The average Bonchev–Trinajstić information content (AvgIpc) is 3.27. The van der Waals surface area contributed by atoms with E-state index in [0.29, 0.717) is 11.1 Å². The van der Waals surface area contributed by atoms with Gasteiger partial charge >= 0.3 is 0 Å². The van der Waals surface area contributed by atoms with Crippen molar-refractivity contribution in [3.63, 3.8) is 0 Å². The molecule has 0 unspecified atom stereocenters. The quantitative estimate of drug-likeness (QED) is 0.157. The van der Waals surface area contributed by atoms with E-state index in [1.807, 2.05) is 41.4 Å². The zero-order chi connectivity index (χ0) is 51.8. The molecule has 0 radical (unpaired) electrons. The maximum Gasteiger partial charge on any atom is 0.212 e. The van der Waals surface area contributed by atoms with Crippen LogP contribution in [0.3, 0.4) is 0 Å². The standard InChI is InChI=1S/4C15H18N/c2*1-11-5-7-13(3)14(9-11)15-8-6-12(2)10-16(15)4;2*1-11-8-9-14(16(4)10-11)15-12(2)6-5-7-13(15)3/h4*5-10H,1-4H3/q4*+1/i2D3;;1D3;. The number of aromatic nitrogens is 4. The summed E-state index contributed by atoms with van der Waals surface area (Å²) in [4.78, 5) is 0. The summed E-state index contributed by atoms with van der Waals surface area (Å²) in [5.74, 6) is 0. The molecule has 4 nitrogen and oxygen atoms in total. The first kappa shape index (κ1) is 40.3. The fourth-order valence-corrected chi connectivity index (χ4v) is 8.25. The normalized spacial score (nSPS) is 12.3. The first-order chi connectivity index (χ1) is 32.8. The molecule has 0 spiro atoms. The lowest BCUT2D eigenvalue weighted by Gasteiger charge is -2.07. The van der Waals surface area contributed by atoms with Gasteiger partial charge in [-0.05, 0) is 153 Å². The van der Waals surface area contributed by atoms with E-state index in [2.05, 4.69) is 196 Å². The SMILES string of the molecule is Cc1ccc(-c2c(C)cccc2C)[n+](C)c1.Cc1ccc(C)c(-c2ccc(C)c[n+]2C)c1.[2H]C([2H])([2H])c1ccc(-c2c(C)cccc2C)[n+](C)c1.[2H]C([2H])([2H])c1ccc(-c2cc(C)ccc2C)[n+](C)c1. The number of hydrogen-bond donors (Lipinski definition) is 0. The Morgan fingerprint density at radius 3 is 0.891 bits per heavy atom. The van der Waals surface area contributed by atoms with E-state index < -0.39 is 13.7 Å². The second kappa shape index (κ2) is 21.7. The Balaban J connectivity index is 0.000000174. The van der Waals surface area contributed by atoms with Crippen LogP contribution in [-0.4, -0.2) is 0 Å². The first-order valence-corrected chi connectivity index (χ1v) is 22.0. The van der Waals surface area contributed by atoms with Crippen molar-refractivity contribution < 1.29 is 26.5 Å². The second-order valence-electron chi connectivity index (χ2n) is 17.4. The summed E-state index contributed by atoms with van der Waals surface area (Å²) in [6.07, 6.45) is 7.70. The lowest BCUT2D eigenvalue weighted by molar-refractivity contribution is -0.660. The molecule has 8 rings (SSSR count). The predicted molar refractivity (Wildman–Crippen MR) is 269 cm³/mol. The van der Waals surface area contributed by atoms with Crippen molar-refractivity contribution in [3.05, 3.63) is 213 Å². The molecule has 0 atom stereocenters. The minimum Gasteiger partial charge on any atom is -0.201 e. The van der Waals surface area contributed by atoms with Crippen molar-refractivity contribution in [2.75, 3.05) is 0 Å². The number of hydrogen-bond acceptors (Lipinski definition) is 0. The zero-order valence-corrected chi connectivity index (χ0v) is 40.6. The molecule has 0 aliphatic rings. The molecule has 4 aromatic heterocycles. The summed E-state index contributed by atoms with van der Waals surface area (Å²) in [7, 11) is 7.97. The highest BCUT2D eigenvalue weighted by atomic mass is 14.9. The molecular weight excluding hydrogens is 777 g/mol. The van der Waals surface area contributed by atoms with Crippen LogP contribution in [0.2, 0.25) is 0 Å². The molecule has 0 bridgehead atoms. The minimum atomic E-state index is -2.06. The molecule has 328 valence electrons. The molecule has 8 aromatic rings. The first-order valence-electron chi connectivity index (χ1n) is 25.0. The summed E-state index contributed by atoms with van der Waals surface area (Å²) in [5.41, 5.74) is 23.0. The monoisotopic (exact) mass is 855 g/mol. The van der Waals surface area contributed by atoms with Gasteiger partial charge in [-0.3, -0.25) is 0 Å². The number of benzene rings is 4. The van der Waals surface area contributed by atoms with E-state index in [0.717, 1.165) is 17.0 Å². The zero-order valence-electron chi connectivity index (χ0n) is 46.6. The Kier molecular flexibility index (Phi) is 13.7. The van der Waals surface area contributed by atoms with Gasteiger partial charge in [-0.25, -0.2) is 18.3 Å². The third-order valence-electron chi connectivity index (χ3n) is 11.6. The van der Waals surface area contributed by atoms with Crippen molar-refractivity contribution in [2.45, 2.75) is 82.9 Å². The summed E-state index contributed by atoms with van der Waals surface area (Å²) >= 11 is 0. The maximum absolute atomic E-state index is 7.45. The summed E-state index contributed by atoms with van der Waals surface area (Å²) < 4.78 is 52.8. The van der Waals surface area contributed by atoms with Crippen LogP contribution in [0.1, 0.15) is 75.0 Å². The summed E-state index contributed by atoms with van der Waals surface area (Å²) in [6, 6.07) is 41.4. The van der Waals surface area contributed by atoms with E-state index in [9.17, 15) is 0 Å². The molecule has 0 saturated carbocycles. The molecule has 4 heterocycles. The number of nitrogens with zero attached hydrogens (tertiary/aromatic N) is 4. The lowest BCUT2D eigenvalue weighted by atomic mass is 9.99. The van der Waals surface area contributed by atoms with Crippen molar-refractivity contribution >= 4 is 0 Å². The summed E-state index contributed by atoms with van der Waals surface area (Å²) in [6.45, 7) is 17.0. The molecule has 4 heteroatoms. The van der Waals surface area contributed by atoms with Crippen molar-refractivity contribution in [1.29, 1.82) is 0 Å². The van der Waals surface area contributed by atoms with E-state index in [1.54, 1.807) is 24.5 Å². The molecule has 0 aliphatic carbocycles. The smallest absolute Gasteiger partial charge is 0.201 e. The van der Waals surface area contributed by atoms with Crippen molar-refractivity contribution in [1.82, 2.24) is 0 Å². The number of pyridine rings is 4. The second-order valence-corrected chi connectivity index (χ2v) is 17.4. The van der Waals surface area contributed by atoms with E-state index in [4.69, 9.17) is 8.22 Å². The molecule has 0 fully saturated rings. The van der Waals surface area contributed by atoms with E-state index in [1.165, 1.54) is 83.7 Å². The topological polar surface area (TPSA) is 15.5 Å². The maximum atomic E-state index is 7.45. The van der Waals surface area contributed by atoms with Gasteiger partial charge in [0.15, 0.2) is 24.8 Å². The molecule has 0 N–H and O–H groups in total. The summed E-state index contributed by atoms with van der Waals surface area (Å²) in [5, 5.41) is 0. The van der Waals surface area contributed by atoms with Crippen molar-refractivity contribution in [2.24, 2.45) is 28.2 Å². The Hall–Kier alpha value is -6.52. The van der Waals surface area contributed by atoms with Gasteiger partial charge in [-0.2, -0.15) is 0 Å². The van der Waals surface area contributed by atoms with E-state index >= 15 is 0 Å². The Morgan fingerprint density at radius 1 is 0.297 bits per heavy atom. The van der Waals surface area contributed by atoms with Crippen LogP contribution in [0, 0.1) is 82.9 Å².